The van der Waals surface area contributed by atoms with Crippen LogP contribution < -0.4 is 4.90 Å². The van der Waals surface area contributed by atoms with Gasteiger partial charge < -0.3 is 4.42 Å². The molecule has 3 nitrogen and oxygen atoms in total. The lowest BCUT2D eigenvalue weighted by Gasteiger charge is -2.14. The molecule has 1 saturated heterocycles. The Hall–Kier alpha value is -1.77. The lowest BCUT2D eigenvalue weighted by Crippen LogP contribution is -2.27. The number of hydrogen-bond donors (Lipinski definition) is 0. The number of benzene rings is 2. The zero-order valence-corrected chi connectivity index (χ0v) is 18.4. The molecule has 0 atom stereocenters. The predicted octanol–water partition coefficient (Wildman–Crippen LogP) is 7.28. The Balaban J connectivity index is 1.53. The molecular formula is C20H10Cl2FNO2S3. The molecular weight excluding hydrogens is 472 g/mol. The lowest BCUT2D eigenvalue weighted by molar-refractivity contribution is -0.113. The number of hydrogen-bond acceptors (Lipinski definition) is 5. The van der Waals surface area contributed by atoms with Gasteiger partial charge in [0.25, 0.3) is 5.91 Å². The molecule has 1 aromatic heterocycles. The van der Waals surface area contributed by atoms with Crippen LogP contribution in [0.4, 0.5) is 10.1 Å². The first-order valence-electron chi connectivity index (χ1n) is 8.17. The maximum atomic E-state index is 13.4. The molecule has 9 heteroatoms. The molecule has 3 aromatic rings. The standard InChI is InChI=1S/C20H10Cl2FNO2S3/c21-11-1-5-14(6-2-11)28-18-8-4-13(26-18)10-17-19(25)24(20(27)29-17)12-3-7-16(23)15(22)9-12/h1-10H. The van der Waals surface area contributed by atoms with Gasteiger partial charge in [-0.2, -0.15) is 0 Å². The number of thioether (sulfide) groups is 1. The van der Waals surface area contributed by atoms with Gasteiger partial charge in [0.15, 0.2) is 9.41 Å². The Morgan fingerprint density at radius 1 is 1.10 bits per heavy atom. The highest BCUT2D eigenvalue weighted by Gasteiger charge is 2.33. The molecule has 0 N–H and O–H groups in total. The van der Waals surface area contributed by atoms with E-state index in [2.05, 4.69) is 0 Å². The van der Waals surface area contributed by atoms with Gasteiger partial charge in [-0.25, -0.2) is 4.39 Å². The molecule has 1 aliphatic rings. The molecule has 2 aromatic carbocycles. The van der Waals surface area contributed by atoms with Crippen molar-refractivity contribution in [3.8, 4) is 0 Å². The first-order valence-corrected chi connectivity index (χ1v) is 11.0. The number of carbonyl (C=O) groups is 1. The number of anilines is 1. The average molecular weight is 482 g/mol. The van der Waals surface area contributed by atoms with Crippen molar-refractivity contribution in [3.63, 3.8) is 0 Å². The maximum Gasteiger partial charge on any atom is 0.270 e. The minimum atomic E-state index is -0.558. The second kappa shape index (κ2) is 8.53. The van der Waals surface area contributed by atoms with Gasteiger partial charge >= 0.3 is 0 Å². The van der Waals surface area contributed by atoms with Gasteiger partial charge in [0.2, 0.25) is 0 Å². The van der Waals surface area contributed by atoms with E-state index in [-0.39, 0.29) is 10.9 Å². The summed E-state index contributed by atoms with van der Waals surface area (Å²) in [6.45, 7) is 0. The summed E-state index contributed by atoms with van der Waals surface area (Å²) in [5.41, 5.74) is 0.417. The van der Waals surface area contributed by atoms with E-state index in [0.717, 1.165) is 16.7 Å². The third-order valence-corrected chi connectivity index (χ3v) is 6.63. The SMILES string of the molecule is O=C1C(=Cc2ccc(Sc3ccc(Cl)cc3)o2)SC(=S)N1c1ccc(F)c(Cl)c1. The summed E-state index contributed by atoms with van der Waals surface area (Å²) in [5.74, 6) is -0.345. The molecule has 4 rings (SSSR count). The first-order chi connectivity index (χ1) is 13.9. The Bertz CT molecular complexity index is 1140. The van der Waals surface area contributed by atoms with Crippen molar-refractivity contribution < 1.29 is 13.6 Å². The van der Waals surface area contributed by atoms with Crippen LogP contribution in [0.5, 0.6) is 0 Å². The number of rotatable bonds is 4. The normalized spacial score (nSPS) is 15.6. The van der Waals surface area contributed by atoms with Gasteiger partial charge in [0.1, 0.15) is 11.6 Å². The first kappa shape index (κ1) is 20.5. The van der Waals surface area contributed by atoms with Crippen LogP contribution in [0.3, 0.4) is 0 Å². The van der Waals surface area contributed by atoms with Crippen molar-refractivity contribution in [2.45, 2.75) is 9.99 Å². The molecule has 1 fully saturated rings. The summed E-state index contributed by atoms with van der Waals surface area (Å²) in [6.07, 6.45) is 1.64. The van der Waals surface area contributed by atoms with E-state index in [9.17, 15) is 9.18 Å². The van der Waals surface area contributed by atoms with E-state index in [0.29, 0.717) is 30.8 Å². The topological polar surface area (TPSA) is 33.5 Å². The van der Waals surface area contributed by atoms with Crippen LogP contribution in [0.25, 0.3) is 6.08 Å². The minimum Gasteiger partial charge on any atom is -0.450 e. The summed E-state index contributed by atoms with van der Waals surface area (Å²) in [5, 5.41) is 1.27. The molecule has 0 unspecified atom stereocenters. The van der Waals surface area contributed by atoms with E-state index < -0.39 is 5.82 Å². The van der Waals surface area contributed by atoms with Crippen LogP contribution in [0.15, 0.2) is 73.9 Å². The number of amides is 1. The number of halogens is 3. The molecule has 29 heavy (non-hydrogen) atoms. The molecule has 146 valence electrons. The summed E-state index contributed by atoms with van der Waals surface area (Å²) < 4.78 is 19.6. The Kier molecular flexibility index (Phi) is 6.03. The third kappa shape index (κ3) is 4.54. The lowest BCUT2D eigenvalue weighted by atomic mass is 10.2. The van der Waals surface area contributed by atoms with Crippen LogP contribution in [0.2, 0.25) is 10.0 Å². The molecule has 0 spiro atoms. The average Bonchev–Trinajstić information content (AvgIpc) is 3.24. The van der Waals surface area contributed by atoms with Crippen LogP contribution in [-0.2, 0) is 4.79 Å². The van der Waals surface area contributed by atoms with E-state index in [1.807, 2.05) is 18.2 Å². The molecule has 2 heterocycles. The third-order valence-electron chi connectivity index (χ3n) is 3.86. The molecule has 0 aliphatic carbocycles. The predicted molar refractivity (Wildman–Crippen MR) is 121 cm³/mol. The van der Waals surface area contributed by atoms with Gasteiger partial charge in [0, 0.05) is 16.0 Å². The minimum absolute atomic E-state index is 0.0737. The van der Waals surface area contributed by atoms with Gasteiger partial charge in [-0.1, -0.05) is 58.9 Å². The largest absolute Gasteiger partial charge is 0.450 e. The van der Waals surface area contributed by atoms with E-state index in [1.54, 1.807) is 24.3 Å². The van der Waals surface area contributed by atoms with Crippen LogP contribution in [-0.4, -0.2) is 10.2 Å². The fraction of sp³-hybridized carbons (Fsp3) is 0. The van der Waals surface area contributed by atoms with E-state index in [1.165, 1.54) is 34.9 Å². The van der Waals surface area contributed by atoms with Crippen LogP contribution >= 0.6 is 58.9 Å². The van der Waals surface area contributed by atoms with Crippen LogP contribution in [0, 0.1) is 5.82 Å². The highest BCUT2D eigenvalue weighted by atomic mass is 35.5. The number of nitrogens with zero attached hydrogens (tertiary/aromatic N) is 1. The quantitative estimate of drug-likeness (QED) is 0.288. The van der Waals surface area contributed by atoms with Crippen molar-refractivity contribution in [1.29, 1.82) is 0 Å². The Labute approximate surface area is 189 Å². The zero-order chi connectivity index (χ0) is 20.5. The fourth-order valence-corrected chi connectivity index (χ4v) is 4.89. The Morgan fingerprint density at radius 2 is 1.86 bits per heavy atom. The summed E-state index contributed by atoms with van der Waals surface area (Å²) in [7, 11) is 0. The van der Waals surface area contributed by atoms with Crippen molar-refractivity contribution in [2.24, 2.45) is 0 Å². The molecule has 0 saturated carbocycles. The van der Waals surface area contributed by atoms with Gasteiger partial charge in [-0.15, -0.1) is 0 Å². The second-order valence-electron chi connectivity index (χ2n) is 5.83. The smallest absolute Gasteiger partial charge is 0.270 e. The molecule has 1 aliphatic heterocycles. The number of thiocarbonyl (C=S) groups is 1. The van der Waals surface area contributed by atoms with E-state index >= 15 is 0 Å². The summed E-state index contributed by atoms with van der Waals surface area (Å²) in [4.78, 5) is 15.5. The molecule has 0 radical (unpaired) electrons. The van der Waals surface area contributed by atoms with Gasteiger partial charge in [-0.05, 0) is 54.6 Å². The fourth-order valence-electron chi connectivity index (χ4n) is 2.53. The summed E-state index contributed by atoms with van der Waals surface area (Å²) >= 11 is 19.6. The number of furan rings is 1. The Morgan fingerprint density at radius 3 is 2.59 bits per heavy atom. The molecule has 1 amide bonds. The van der Waals surface area contributed by atoms with Crippen molar-refractivity contribution in [2.75, 3.05) is 4.90 Å². The van der Waals surface area contributed by atoms with Gasteiger partial charge in [0.05, 0.1) is 15.6 Å². The summed E-state index contributed by atoms with van der Waals surface area (Å²) in [6, 6.07) is 15.0. The highest BCUT2D eigenvalue weighted by molar-refractivity contribution is 8.27. The van der Waals surface area contributed by atoms with E-state index in [4.69, 9.17) is 39.8 Å². The van der Waals surface area contributed by atoms with Crippen LogP contribution in [0.1, 0.15) is 5.76 Å². The highest BCUT2D eigenvalue weighted by Crippen LogP contribution is 2.38. The van der Waals surface area contributed by atoms with Crippen molar-refractivity contribution >= 4 is 80.9 Å². The van der Waals surface area contributed by atoms with Crippen molar-refractivity contribution in [3.05, 3.63) is 81.1 Å². The van der Waals surface area contributed by atoms with Gasteiger partial charge in [-0.3, -0.25) is 9.69 Å². The zero-order valence-electron chi connectivity index (χ0n) is 14.4. The molecule has 0 bridgehead atoms. The maximum absolute atomic E-state index is 13.4. The monoisotopic (exact) mass is 481 g/mol. The van der Waals surface area contributed by atoms with Crippen molar-refractivity contribution in [1.82, 2.24) is 0 Å². The second-order valence-corrected chi connectivity index (χ2v) is 9.43. The number of carbonyl (C=O) groups excluding carboxylic acids is 1.